The van der Waals surface area contributed by atoms with Crippen LogP contribution in [-0.2, 0) is 0 Å². The largest absolute Gasteiger partial charge is 0.493 e. The number of likely N-dealkylation sites (tertiary alicyclic amines) is 1. The van der Waals surface area contributed by atoms with Crippen molar-refractivity contribution in [2.75, 3.05) is 26.2 Å². The highest BCUT2D eigenvalue weighted by molar-refractivity contribution is 6.02. The van der Waals surface area contributed by atoms with Gasteiger partial charge >= 0.3 is 0 Å². The van der Waals surface area contributed by atoms with Gasteiger partial charge in [-0.1, -0.05) is 12.1 Å². The molecule has 1 saturated heterocycles. The van der Waals surface area contributed by atoms with Crippen molar-refractivity contribution in [1.82, 2.24) is 4.90 Å². The van der Waals surface area contributed by atoms with Crippen LogP contribution in [0.2, 0.25) is 0 Å². The highest BCUT2D eigenvalue weighted by Crippen LogP contribution is 2.33. The Morgan fingerprint density at radius 1 is 1.20 bits per heavy atom. The summed E-state index contributed by atoms with van der Waals surface area (Å²) in [5.74, 6) is 1.19. The maximum atomic E-state index is 12.9. The van der Waals surface area contributed by atoms with Crippen LogP contribution in [0.3, 0.4) is 0 Å². The topological polar surface area (TPSA) is 29.5 Å². The van der Waals surface area contributed by atoms with Gasteiger partial charge in [0.15, 0.2) is 5.78 Å². The lowest BCUT2D eigenvalue weighted by atomic mass is 9.91. The second-order valence-corrected chi connectivity index (χ2v) is 6.11. The van der Waals surface area contributed by atoms with E-state index in [-0.39, 0.29) is 11.7 Å². The van der Waals surface area contributed by atoms with Crippen LogP contribution in [0.25, 0.3) is 0 Å². The molecule has 3 nitrogen and oxygen atoms in total. The molecule has 1 aromatic rings. The monoisotopic (exact) mass is 273 g/mol. The van der Waals surface area contributed by atoms with Gasteiger partial charge in [0.2, 0.25) is 0 Å². The molecule has 2 heterocycles. The van der Waals surface area contributed by atoms with Crippen LogP contribution in [0.4, 0.5) is 0 Å². The van der Waals surface area contributed by atoms with Crippen molar-refractivity contribution in [3.63, 3.8) is 0 Å². The molecule has 0 radical (unpaired) electrons. The second-order valence-electron chi connectivity index (χ2n) is 6.11. The number of hydrogen-bond acceptors (Lipinski definition) is 3. The second kappa shape index (κ2) is 5.57. The number of ether oxygens (including phenoxy) is 1. The first kappa shape index (κ1) is 13.6. The lowest BCUT2D eigenvalue weighted by Gasteiger charge is -2.21. The number of rotatable bonds is 2. The van der Waals surface area contributed by atoms with E-state index in [4.69, 9.17) is 4.74 Å². The molecule has 0 amide bonds. The Morgan fingerprint density at radius 3 is 2.65 bits per heavy atom. The Balaban J connectivity index is 1.88. The molecule has 20 heavy (non-hydrogen) atoms. The number of benzene rings is 1. The van der Waals surface area contributed by atoms with Crippen LogP contribution in [0.5, 0.6) is 5.75 Å². The first-order valence-corrected chi connectivity index (χ1v) is 7.66. The van der Waals surface area contributed by atoms with Gasteiger partial charge in [-0.2, -0.15) is 0 Å². The Bertz CT molecular complexity index is 518. The minimum Gasteiger partial charge on any atom is -0.493 e. The van der Waals surface area contributed by atoms with Crippen molar-refractivity contribution >= 4 is 5.78 Å². The fourth-order valence-electron chi connectivity index (χ4n) is 3.37. The number of Topliss-reactive ketones (excluding diaryl/α,β-unsaturated/α-hetero) is 1. The van der Waals surface area contributed by atoms with Gasteiger partial charge in [-0.15, -0.1) is 0 Å². The van der Waals surface area contributed by atoms with Gasteiger partial charge in [-0.05, 0) is 57.3 Å². The van der Waals surface area contributed by atoms with E-state index in [0.29, 0.717) is 6.61 Å². The van der Waals surface area contributed by atoms with E-state index in [0.717, 1.165) is 48.5 Å². The molecule has 0 N–H and O–H groups in total. The Kier molecular flexibility index (Phi) is 3.79. The minimum atomic E-state index is 0.0925. The molecule has 1 aromatic carbocycles. The number of hydrogen-bond donors (Lipinski definition) is 0. The molecular weight excluding hydrogens is 250 g/mol. The van der Waals surface area contributed by atoms with E-state index < -0.39 is 0 Å². The van der Waals surface area contributed by atoms with Gasteiger partial charge < -0.3 is 9.64 Å². The number of ketones is 1. The molecular formula is C17H23NO2. The Hall–Kier alpha value is -1.35. The first-order valence-electron chi connectivity index (χ1n) is 7.66. The van der Waals surface area contributed by atoms with Crippen molar-refractivity contribution in [1.29, 1.82) is 0 Å². The molecule has 1 unspecified atom stereocenters. The SMILES string of the molecule is Cc1ccc(C)c2c1OCCC(CN1CCCC1)C2=O. The average Bonchev–Trinajstić information content (AvgIpc) is 2.87. The highest BCUT2D eigenvalue weighted by Gasteiger charge is 2.30. The van der Waals surface area contributed by atoms with E-state index >= 15 is 0 Å². The third kappa shape index (κ3) is 2.47. The van der Waals surface area contributed by atoms with Crippen molar-refractivity contribution in [3.05, 3.63) is 28.8 Å². The van der Waals surface area contributed by atoms with Crippen LogP contribution in [0.1, 0.15) is 40.7 Å². The van der Waals surface area contributed by atoms with E-state index in [1.807, 2.05) is 26.0 Å². The zero-order valence-corrected chi connectivity index (χ0v) is 12.4. The molecule has 2 aliphatic rings. The van der Waals surface area contributed by atoms with Crippen LogP contribution in [0, 0.1) is 19.8 Å². The molecule has 0 saturated carbocycles. The van der Waals surface area contributed by atoms with E-state index in [9.17, 15) is 4.79 Å². The van der Waals surface area contributed by atoms with E-state index in [1.54, 1.807) is 0 Å². The van der Waals surface area contributed by atoms with Gasteiger partial charge in [0, 0.05) is 12.5 Å². The molecule has 0 aromatic heterocycles. The molecule has 3 rings (SSSR count). The zero-order chi connectivity index (χ0) is 14.1. The normalized spacial score (nSPS) is 23.3. The predicted octanol–water partition coefficient (Wildman–Crippen LogP) is 2.98. The molecule has 0 aliphatic carbocycles. The minimum absolute atomic E-state index is 0.0925. The zero-order valence-electron chi connectivity index (χ0n) is 12.4. The van der Waals surface area contributed by atoms with Crippen molar-refractivity contribution < 1.29 is 9.53 Å². The molecule has 2 aliphatic heterocycles. The third-order valence-electron chi connectivity index (χ3n) is 4.57. The summed E-state index contributed by atoms with van der Waals surface area (Å²) in [7, 11) is 0. The summed E-state index contributed by atoms with van der Waals surface area (Å²) >= 11 is 0. The molecule has 1 fully saturated rings. The number of fused-ring (bicyclic) bond motifs is 1. The van der Waals surface area contributed by atoms with Crippen LogP contribution in [0.15, 0.2) is 12.1 Å². The highest BCUT2D eigenvalue weighted by atomic mass is 16.5. The lowest BCUT2D eigenvalue weighted by molar-refractivity contribution is 0.0882. The van der Waals surface area contributed by atoms with E-state index in [2.05, 4.69) is 4.90 Å². The summed E-state index contributed by atoms with van der Waals surface area (Å²) in [6, 6.07) is 4.08. The summed E-state index contributed by atoms with van der Waals surface area (Å²) < 4.78 is 5.89. The van der Waals surface area contributed by atoms with Gasteiger partial charge in [-0.3, -0.25) is 4.79 Å². The fraction of sp³-hybridized carbons (Fsp3) is 0.588. The quantitative estimate of drug-likeness (QED) is 0.829. The van der Waals surface area contributed by atoms with Gasteiger partial charge in [-0.25, -0.2) is 0 Å². The third-order valence-corrected chi connectivity index (χ3v) is 4.57. The van der Waals surface area contributed by atoms with Gasteiger partial charge in [0.25, 0.3) is 0 Å². The van der Waals surface area contributed by atoms with Crippen molar-refractivity contribution in [3.8, 4) is 5.75 Å². The number of nitrogens with zero attached hydrogens (tertiary/aromatic N) is 1. The predicted molar refractivity (Wildman–Crippen MR) is 79.5 cm³/mol. The van der Waals surface area contributed by atoms with Crippen molar-refractivity contribution in [2.45, 2.75) is 33.1 Å². The van der Waals surface area contributed by atoms with Crippen LogP contribution < -0.4 is 4.74 Å². The Labute approximate surface area is 120 Å². The maximum absolute atomic E-state index is 12.9. The Morgan fingerprint density at radius 2 is 1.90 bits per heavy atom. The molecule has 1 atom stereocenters. The smallest absolute Gasteiger partial charge is 0.171 e. The van der Waals surface area contributed by atoms with Gasteiger partial charge in [0.05, 0.1) is 12.2 Å². The first-order chi connectivity index (χ1) is 9.66. The summed E-state index contributed by atoms with van der Waals surface area (Å²) in [4.78, 5) is 15.3. The van der Waals surface area contributed by atoms with Crippen LogP contribution >= 0.6 is 0 Å². The summed E-state index contributed by atoms with van der Waals surface area (Å²) in [5.41, 5.74) is 2.94. The van der Waals surface area contributed by atoms with Crippen LogP contribution in [-0.4, -0.2) is 36.9 Å². The molecule has 3 heteroatoms. The summed E-state index contributed by atoms with van der Waals surface area (Å²) in [6.07, 6.45) is 3.38. The number of carbonyl (C=O) groups is 1. The van der Waals surface area contributed by atoms with E-state index in [1.165, 1.54) is 12.8 Å². The summed E-state index contributed by atoms with van der Waals surface area (Å²) in [6.45, 7) is 7.87. The maximum Gasteiger partial charge on any atom is 0.171 e. The number of aryl methyl sites for hydroxylation is 2. The standard InChI is InChI=1S/C17H23NO2/c1-12-5-6-13(2)17-15(12)16(19)14(7-10-20-17)11-18-8-3-4-9-18/h5-6,14H,3-4,7-11H2,1-2H3. The van der Waals surface area contributed by atoms with Crippen molar-refractivity contribution in [2.24, 2.45) is 5.92 Å². The van der Waals surface area contributed by atoms with Gasteiger partial charge in [0.1, 0.15) is 5.75 Å². The molecule has 0 spiro atoms. The lowest BCUT2D eigenvalue weighted by Crippen LogP contribution is -2.31. The fourth-order valence-corrected chi connectivity index (χ4v) is 3.37. The molecule has 108 valence electrons. The average molecular weight is 273 g/mol. The summed E-state index contributed by atoms with van der Waals surface area (Å²) in [5, 5.41) is 0. The number of carbonyl (C=O) groups excluding carboxylic acids is 1. The molecule has 0 bridgehead atoms.